The predicted molar refractivity (Wildman–Crippen MR) is 302 cm³/mol. The quantitative estimate of drug-likeness (QED) is 0.0262. The van der Waals surface area contributed by atoms with Gasteiger partial charge in [0.15, 0.2) is 6.10 Å². The lowest BCUT2D eigenvalue weighted by atomic mass is 10.1. The molecule has 1 atom stereocenters. The van der Waals surface area contributed by atoms with Gasteiger partial charge in [-0.2, -0.15) is 0 Å². The third-order valence-corrected chi connectivity index (χ3v) is 12.0. The molecule has 0 N–H and O–H groups in total. The number of hydrogen-bond acceptors (Lipinski definition) is 6. The van der Waals surface area contributed by atoms with E-state index in [1.54, 1.807) is 0 Å². The van der Waals surface area contributed by atoms with Gasteiger partial charge in [0.2, 0.25) is 0 Å². The van der Waals surface area contributed by atoms with Crippen molar-refractivity contribution in [2.75, 3.05) is 13.2 Å². The SMILES string of the molecule is CC/C=C\C/C=C\C/C=C\C/C=C\C/C=C\CCCC(=O)OC(COC(=O)CCCCCCCC/C=C\C/C=C\C/C=C\CC)COC(=O)CCCCCCCCC/C=C\CCCCCCCCCC. The summed E-state index contributed by atoms with van der Waals surface area (Å²) in [5.41, 5.74) is 0. The number of rotatable bonds is 51. The van der Waals surface area contributed by atoms with Gasteiger partial charge < -0.3 is 14.2 Å². The van der Waals surface area contributed by atoms with Crippen molar-refractivity contribution in [1.29, 1.82) is 0 Å². The summed E-state index contributed by atoms with van der Waals surface area (Å²) in [6, 6.07) is 0. The second-order valence-corrected chi connectivity index (χ2v) is 18.8. The van der Waals surface area contributed by atoms with Gasteiger partial charge in [-0.05, 0) is 116 Å². The standard InChI is InChI=1S/C64H106O6/c1-4-7-10-13-16-19-22-25-28-31-32-34-36-39-42-45-48-51-54-57-63(66)69-60-61(59-68-62(65)56-53-50-47-44-41-38-35-30-27-24-21-18-15-12-9-6-3)70-64(67)58-55-52-49-46-43-40-37-33-29-26-23-20-17-14-11-8-5-2/h8-9,11-12,17-18,20-21,26-27,29-32,37,40,46,49,61H,4-7,10,13-16,19,22-25,28,33-36,38-39,41-45,47-48,50-60H2,1-3H3/b11-8-,12-9-,20-17-,21-18-,29-26-,30-27-,32-31-,40-37-,49-46-. The zero-order valence-corrected chi connectivity index (χ0v) is 45.5. The van der Waals surface area contributed by atoms with Crippen molar-refractivity contribution in [3.63, 3.8) is 0 Å². The van der Waals surface area contributed by atoms with Crippen molar-refractivity contribution in [2.45, 2.75) is 264 Å². The lowest BCUT2D eigenvalue weighted by Crippen LogP contribution is -2.30. The summed E-state index contributed by atoms with van der Waals surface area (Å²) in [5.74, 6) is -0.984. The Hall–Kier alpha value is -3.93. The normalized spacial score (nSPS) is 12.9. The van der Waals surface area contributed by atoms with E-state index < -0.39 is 6.10 Å². The molecule has 0 saturated heterocycles. The van der Waals surface area contributed by atoms with Crippen LogP contribution in [0.2, 0.25) is 0 Å². The maximum atomic E-state index is 12.8. The molecule has 1 unspecified atom stereocenters. The van der Waals surface area contributed by atoms with Gasteiger partial charge in [0, 0.05) is 19.3 Å². The molecule has 398 valence electrons. The van der Waals surface area contributed by atoms with Crippen molar-refractivity contribution in [1.82, 2.24) is 0 Å². The molecule has 6 heteroatoms. The van der Waals surface area contributed by atoms with Crippen molar-refractivity contribution in [2.24, 2.45) is 0 Å². The van der Waals surface area contributed by atoms with Crippen molar-refractivity contribution >= 4 is 17.9 Å². The minimum absolute atomic E-state index is 0.108. The maximum absolute atomic E-state index is 12.8. The molecule has 0 fully saturated rings. The highest BCUT2D eigenvalue weighted by Crippen LogP contribution is 2.14. The van der Waals surface area contributed by atoms with Crippen molar-refractivity contribution in [3.05, 3.63) is 109 Å². The first-order valence-electron chi connectivity index (χ1n) is 28.9. The first-order chi connectivity index (χ1) is 34.5. The van der Waals surface area contributed by atoms with Gasteiger partial charge in [-0.1, -0.05) is 233 Å². The molecule has 0 aromatic carbocycles. The highest BCUT2D eigenvalue weighted by Gasteiger charge is 2.19. The van der Waals surface area contributed by atoms with E-state index in [9.17, 15) is 14.4 Å². The van der Waals surface area contributed by atoms with E-state index in [-0.39, 0.29) is 37.5 Å². The summed E-state index contributed by atoms with van der Waals surface area (Å²) in [7, 11) is 0. The van der Waals surface area contributed by atoms with Crippen molar-refractivity contribution in [3.8, 4) is 0 Å². The first kappa shape index (κ1) is 66.1. The Balaban J connectivity index is 4.49. The molecule has 0 bridgehead atoms. The average molecular weight is 972 g/mol. The number of hydrogen-bond donors (Lipinski definition) is 0. The number of carbonyl (C=O) groups excluding carboxylic acids is 3. The highest BCUT2D eigenvalue weighted by atomic mass is 16.6. The summed E-state index contributed by atoms with van der Waals surface area (Å²) in [4.78, 5) is 38.2. The largest absolute Gasteiger partial charge is 0.462 e. The fourth-order valence-electron chi connectivity index (χ4n) is 7.72. The van der Waals surface area contributed by atoms with Gasteiger partial charge in [0.05, 0.1) is 0 Å². The molecule has 70 heavy (non-hydrogen) atoms. The minimum atomic E-state index is -0.818. The van der Waals surface area contributed by atoms with Gasteiger partial charge >= 0.3 is 17.9 Å². The highest BCUT2D eigenvalue weighted by molar-refractivity contribution is 5.71. The minimum Gasteiger partial charge on any atom is -0.462 e. The molecule has 0 heterocycles. The molecule has 0 spiro atoms. The maximum Gasteiger partial charge on any atom is 0.306 e. The summed E-state index contributed by atoms with van der Waals surface area (Å²) in [6.07, 6.45) is 78.0. The first-order valence-corrected chi connectivity index (χ1v) is 28.9. The van der Waals surface area contributed by atoms with E-state index in [4.69, 9.17) is 14.2 Å². The summed E-state index contributed by atoms with van der Waals surface area (Å²) < 4.78 is 16.8. The van der Waals surface area contributed by atoms with Gasteiger partial charge in [-0.15, -0.1) is 0 Å². The molecule has 0 aliphatic carbocycles. The van der Waals surface area contributed by atoms with E-state index in [0.29, 0.717) is 19.3 Å². The lowest BCUT2D eigenvalue weighted by Gasteiger charge is -2.18. The van der Waals surface area contributed by atoms with Crippen LogP contribution in [0.3, 0.4) is 0 Å². The Kier molecular flexibility index (Phi) is 54.4. The summed E-state index contributed by atoms with van der Waals surface area (Å²) in [5, 5.41) is 0. The number of carbonyl (C=O) groups is 3. The summed E-state index contributed by atoms with van der Waals surface area (Å²) >= 11 is 0. The van der Waals surface area contributed by atoms with Crippen LogP contribution in [-0.2, 0) is 28.6 Å². The van der Waals surface area contributed by atoms with E-state index in [2.05, 4.69) is 130 Å². The van der Waals surface area contributed by atoms with Crippen LogP contribution in [0.5, 0.6) is 0 Å². The topological polar surface area (TPSA) is 78.9 Å². The third-order valence-electron chi connectivity index (χ3n) is 12.0. The second-order valence-electron chi connectivity index (χ2n) is 18.8. The Morgan fingerprint density at radius 3 is 0.929 bits per heavy atom. The number of ether oxygens (including phenoxy) is 3. The molecule has 0 rings (SSSR count). The zero-order chi connectivity index (χ0) is 50.7. The van der Waals surface area contributed by atoms with Crippen LogP contribution < -0.4 is 0 Å². The fourth-order valence-corrected chi connectivity index (χ4v) is 7.72. The molecule has 0 aliphatic rings. The van der Waals surface area contributed by atoms with Crippen LogP contribution in [0.4, 0.5) is 0 Å². The fraction of sp³-hybridized carbons (Fsp3) is 0.672. The van der Waals surface area contributed by atoms with Gasteiger partial charge in [0.25, 0.3) is 0 Å². The molecule has 0 aromatic heterocycles. The Bertz CT molecular complexity index is 1440. The van der Waals surface area contributed by atoms with Crippen LogP contribution in [0, 0.1) is 0 Å². The van der Waals surface area contributed by atoms with E-state index in [1.807, 2.05) is 0 Å². The molecule has 0 saturated carbocycles. The van der Waals surface area contributed by atoms with E-state index in [1.165, 1.54) is 103 Å². The van der Waals surface area contributed by atoms with Crippen LogP contribution >= 0.6 is 0 Å². The molecule has 0 aliphatic heterocycles. The van der Waals surface area contributed by atoms with Crippen LogP contribution in [0.1, 0.15) is 258 Å². The van der Waals surface area contributed by atoms with Gasteiger partial charge in [-0.25, -0.2) is 0 Å². The number of esters is 3. The molecule has 0 aromatic rings. The van der Waals surface area contributed by atoms with Crippen LogP contribution in [0.25, 0.3) is 0 Å². The predicted octanol–water partition coefficient (Wildman–Crippen LogP) is 19.5. The van der Waals surface area contributed by atoms with E-state index in [0.717, 1.165) is 109 Å². The Labute approximate surface area is 431 Å². The molecule has 6 nitrogen and oxygen atoms in total. The number of unbranched alkanes of at least 4 members (excludes halogenated alkanes) is 22. The van der Waals surface area contributed by atoms with Crippen LogP contribution in [0.15, 0.2) is 109 Å². The second kappa shape index (κ2) is 57.6. The summed E-state index contributed by atoms with van der Waals surface area (Å²) in [6.45, 7) is 6.36. The van der Waals surface area contributed by atoms with Gasteiger partial charge in [-0.3, -0.25) is 14.4 Å². The Morgan fingerprint density at radius 2 is 0.571 bits per heavy atom. The van der Waals surface area contributed by atoms with Gasteiger partial charge in [0.1, 0.15) is 13.2 Å². The molecule has 0 radical (unpaired) electrons. The lowest BCUT2D eigenvalue weighted by molar-refractivity contribution is -0.167. The zero-order valence-electron chi connectivity index (χ0n) is 45.5. The molecular formula is C64H106O6. The monoisotopic (exact) mass is 971 g/mol. The smallest absolute Gasteiger partial charge is 0.306 e. The molecule has 0 amide bonds. The Morgan fingerprint density at radius 1 is 0.300 bits per heavy atom. The van der Waals surface area contributed by atoms with Crippen molar-refractivity contribution < 1.29 is 28.6 Å². The average Bonchev–Trinajstić information content (AvgIpc) is 3.36. The van der Waals surface area contributed by atoms with Crippen LogP contribution in [-0.4, -0.2) is 37.2 Å². The number of allylic oxidation sites excluding steroid dienone is 18. The molecular weight excluding hydrogens is 865 g/mol. The van der Waals surface area contributed by atoms with E-state index >= 15 is 0 Å². The third kappa shape index (κ3) is 55.0.